The molecule has 5 nitrogen and oxygen atoms in total. The van der Waals surface area contributed by atoms with Crippen LogP contribution in [0.5, 0.6) is 0 Å². The van der Waals surface area contributed by atoms with Crippen LogP contribution in [0.1, 0.15) is 40.2 Å². The Balaban J connectivity index is 2.02. The molecule has 0 amide bonds. The van der Waals surface area contributed by atoms with Gasteiger partial charge >= 0.3 is 0 Å². The average Bonchev–Trinajstić information content (AvgIpc) is 3.02. The second kappa shape index (κ2) is 4.43. The van der Waals surface area contributed by atoms with Gasteiger partial charge in [0, 0.05) is 12.6 Å². The predicted molar refractivity (Wildman–Crippen MR) is 78.1 cm³/mol. The molecular weight excluding hydrogens is 290 g/mol. The second-order valence-electron chi connectivity index (χ2n) is 6.78. The monoisotopic (exact) mass is 312 g/mol. The van der Waals surface area contributed by atoms with Crippen molar-refractivity contribution in [2.24, 2.45) is 16.7 Å². The first kappa shape index (κ1) is 13.5. The summed E-state index contributed by atoms with van der Waals surface area (Å²) in [5, 5.41) is 9.42. The fourth-order valence-corrected chi connectivity index (χ4v) is 6.35. The number of hydrogen-bond acceptors (Lipinski definition) is 4. The Kier molecular flexibility index (Phi) is 2.85. The molecule has 21 heavy (non-hydrogen) atoms. The Morgan fingerprint density at radius 3 is 2.76 bits per heavy atom. The fourth-order valence-electron chi connectivity index (χ4n) is 4.22. The molecule has 0 aliphatic heterocycles. The average molecular weight is 312 g/mol. The SMILES string of the molecule is [2H][C@@H](O)c1cccn1S(=O)(=O)C[C@]12CC[C@H](CC1=O)C2(C)C. The van der Waals surface area contributed by atoms with Crippen molar-refractivity contribution in [1.82, 2.24) is 3.97 Å². The lowest BCUT2D eigenvalue weighted by molar-refractivity contribution is -0.128. The number of nitrogens with zero attached hydrogens (tertiary/aromatic N) is 1. The number of fused-ring (bicyclic) bond motifs is 2. The third kappa shape index (κ3) is 1.85. The highest BCUT2D eigenvalue weighted by Gasteiger charge is 2.65. The molecule has 2 aliphatic rings. The van der Waals surface area contributed by atoms with Crippen molar-refractivity contribution in [3.8, 4) is 0 Å². The summed E-state index contributed by atoms with van der Waals surface area (Å²) in [5.41, 5.74) is -1.16. The maximum Gasteiger partial charge on any atom is 0.239 e. The van der Waals surface area contributed by atoms with Crippen LogP contribution in [-0.2, 0) is 21.4 Å². The van der Waals surface area contributed by atoms with Gasteiger partial charge in [-0.15, -0.1) is 0 Å². The lowest BCUT2D eigenvalue weighted by Gasteiger charge is -2.36. The summed E-state index contributed by atoms with van der Waals surface area (Å²) in [6.45, 7) is 2.35. The van der Waals surface area contributed by atoms with Crippen molar-refractivity contribution in [3.05, 3.63) is 24.0 Å². The maximum atomic E-state index is 12.8. The Bertz CT molecular complexity index is 722. The summed E-state index contributed by atoms with van der Waals surface area (Å²) in [6, 6.07) is 2.90. The van der Waals surface area contributed by atoms with E-state index in [2.05, 4.69) is 0 Å². The molecule has 1 heterocycles. The molecule has 0 spiro atoms. The summed E-state index contributed by atoms with van der Waals surface area (Å²) in [7, 11) is -3.81. The molecule has 2 aliphatic carbocycles. The highest BCUT2D eigenvalue weighted by molar-refractivity contribution is 7.90. The minimum absolute atomic E-state index is 0.00852. The van der Waals surface area contributed by atoms with Gasteiger partial charge in [-0.25, -0.2) is 12.4 Å². The lowest BCUT2D eigenvalue weighted by Crippen LogP contribution is -2.43. The van der Waals surface area contributed by atoms with Gasteiger partial charge in [0.2, 0.25) is 10.0 Å². The minimum atomic E-state index is -3.81. The van der Waals surface area contributed by atoms with E-state index in [1.807, 2.05) is 13.8 Å². The Morgan fingerprint density at radius 1 is 1.52 bits per heavy atom. The number of carbonyl (C=O) groups is 1. The molecule has 1 N–H and O–H groups in total. The third-order valence-corrected chi connectivity index (χ3v) is 7.53. The normalized spacial score (nSPS) is 33.2. The molecule has 116 valence electrons. The van der Waals surface area contributed by atoms with E-state index >= 15 is 0 Å². The molecule has 0 saturated heterocycles. The zero-order chi connectivity index (χ0) is 16.3. The molecule has 1 aromatic heterocycles. The van der Waals surface area contributed by atoms with Gasteiger partial charge in [0.15, 0.2) is 0 Å². The zero-order valence-electron chi connectivity index (χ0n) is 13.2. The largest absolute Gasteiger partial charge is 0.390 e. The van der Waals surface area contributed by atoms with E-state index in [4.69, 9.17) is 1.37 Å². The highest BCUT2D eigenvalue weighted by Crippen LogP contribution is 2.64. The Morgan fingerprint density at radius 2 is 2.24 bits per heavy atom. The number of aliphatic hydroxyl groups excluding tert-OH is 1. The van der Waals surface area contributed by atoms with E-state index in [0.717, 1.165) is 10.4 Å². The van der Waals surface area contributed by atoms with E-state index in [-0.39, 0.29) is 28.6 Å². The minimum Gasteiger partial charge on any atom is -0.390 e. The van der Waals surface area contributed by atoms with Crippen molar-refractivity contribution in [1.29, 1.82) is 0 Å². The lowest BCUT2D eigenvalue weighted by atomic mass is 9.70. The van der Waals surface area contributed by atoms with Crippen molar-refractivity contribution in [2.45, 2.75) is 39.7 Å². The quantitative estimate of drug-likeness (QED) is 0.915. The van der Waals surface area contributed by atoms with Crippen LogP contribution in [-0.4, -0.2) is 29.0 Å². The first-order valence-corrected chi connectivity index (χ1v) is 8.77. The van der Waals surface area contributed by atoms with Crippen LogP contribution in [0.3, 0.4) is 0 Å². The van der Waals surface area contributed by atoms with Crippen LogP contribution in [0, 0.1) is 16.7 Å². The summed E-state index contributed by atoms with van der Waals surface area (Å²) in [6.07, 6.45) is 3.27. The van der Waals surface area contributed by atoms with Crippen LogP contribution in [0.25, 0.3) is 0 Å². The number of ketones is 1. The molecule has 3 rings (SSSR count). The number of Topliss-reactive ketones (excluding diaryl/α,β-unsaturated/α-hetero) is 1. The molecule has 6 heteroatoms. The molecule has 0 radical (unpaired) electrons. The van der Waals surface area contributed by atoms with E-state index < -0.39 is 22.0 Å². The third-order valence-electron chi connectivity index (χ3n) is 5.74. The molecule has 0 aromatic carbocycles. The van der Waals surface area contributed by atoms with Crippen LogP contribution in [0.2, 0.25) is 0 Å². The van der Waals surface area contributed by atoms with Crippen molar-refractivity contribution >= 4 is 15.8 Å². The zero-order valence-corrected chi connectivity index (χ0v) is 13.1. The van der Waals surface area contributed by atoms with Gasteiger partial charge in [0.25, 0.3) is 0 Å². The summed E-state index contributed by atoms with van der Waals surface area (Å²) in [4.78, 5) is 12.5. The first-order chi connectivity index (χ1) is 10.1. The summed E-state index contributed by atoms with van der Waals surface area (Å²) < 4.78 is 33.9. The topological polar surface area (TPSA) is 76.4 Å². The van der Waals surface area contributed by atoms with Crippen LogP contribution >= 0.6 is 0 Å². The molecular formula is C15H21NO4S. The van der Waals surface area contributed by atoms with Gasteiger partial charge in [0.05, 0.1) is 24.8 Å². The first-order valence-electron chi connectivity index (χ1n) is 7.74. The van der Waals surface area contributed by atoms with E-state index in [1.165, 1.54) is 18.3 Å². The van der Waals surface area contributed by atoms with Gasteiger partial charge in [-0.3, -0.25) is 4.79 Å². The Hall–Kier alpha value is -1.14. The second-order valence-corrected chi connectivity index (χ2v) is 8.63. The van der Waals surface area contributed by atoms with E-state index in [1.54, 1.807) is 0 Å². The maximum absolute atomic E-state index is 12.8. The molecule has 0 unspecified atom stereocenters. The van der Waals surface area contributed by atoms with Crippen molar-refractivity contribution in [3.63, 3.8) is 0 Å². The summed E-state index contributed by atoms with van der Waals surface area (Å²) in [5.74, 6) is 0.0371. The molecule has 2 saturated carbocycles. The highest BCUT2D eigenvalue weighted by atomic mass is 32.2. The van der Waals surface area contributed by atoms with Crippen molar-refractivity contribution < 1.29 is 19.7 Å². The molecule has 2 bridgehead atoms. The van der Waals surface area contributed by atoms with Crippen LogP contribution in [0.15, 0.2) is 18.3 Å². The number of rotatable bonds is 4. The van der Waals surface area contributed by atoms with Gasteiger partial charge in [-0.05, 0) is 36.3 Å². The predicted octanol–water partition coefficient (Wildman–Crippen LogP) is 1.55. The van der Waals surface area contributed by atoms with Gasteiger partial charge in [0.1, 0.15) is 5.78 Å². The van der Waals surface area contributed by atoms with Gasteiger partial charge in [-0.2, -0.15) is 0 Å². The van der Waals surface area contributed by atoms with Crippen LogP contribution in [0.4, 0.5) is 0 Å². The van der Waals surface area contributed by atoms with Gasteiger partial charge in [-0.1, -0.05) is 13.8 Å². The molecule has 2 fully saturated rings. The van der Waals surface area contributed by atoms with E-state index in [9.17, 15) is 18.3 Å². The van der Waals surface area contributed by atoms with Gasteiger partial charge < -0.3 is 5.11 Å². The molecule has 1 aromatic rings. The molecule has 3 atom stereocenters. The standard InChI is InChI=1S/C15H21NO4S/c1-14(2)11-5-6-15(14,13(18)8-11)10-21(19,20)16-7-3-4-12(16)9-17/h3-4,7,11,17H,5-6,8-10H2,1-2H3/t11-,15-/m1/s1/i9D/t9-,11-,15-. The number of aromatic nitrogens is 1. The smallest absolute Gasteiger partial charge is 0.239 e. The number of carbonyl (C=O) groups excluding carboxylic acids is 1. The number of hydrogen-bond donors (Lipinski definition) is 1. The van der Waals surface area contributed by atoms with E-state index in [0.29, 0.717) is 12.8 Å². The summed E-state index contributed by atoms with van der Waals surface area (Å²) >= 11 is 0. The fraction of sp³-hybridized carbons (Fsp3) is 0.667. The number of aliphatic hydroxyl groups is 1. The van der Waals surface area contributed by atoms with Crippen LogP contribution < -0.4 is 0 Å². The Labute approximate surface area is 126 Å². The van der Waals surface area contributed by atoms with Crippen molar-refractivity contribution in [2.75, 3.05) is 5.75 Å².